The van der Waals surface area contributed by atoms with E-state index in [0.29, 0.717) is 27.4 Å². The molecule has 0 bridgehead atoms. The monoisotopic (exact) mass is 899 g/mol. The molecule has 0 spiro atoms. The van der Waals surface area contributed by atoms with Crippen LogP contribution in [-0.4, -0.2) is 20.7 Å². The zero-order chi connectivity index (χ0) is 45.2. The third kappa shape index (κ3) is 13.6. The summed E-state index contributed by atoms with van der Waals surface area (Å²) in [5, 5.41) is 25.6. The van der Waals surface area contributed by atoms with Crippen LogP contribution in [0.15, 0.2) is 84.9 Å². The molecule has 4 aromatic carbocycles. The summed E-state index contributed by atoms with van der Waals surface area (Å²) in [5.41, 5.74) is 9.74. The van der Waals surface area contributed by atoms with E-state index >= 15 is 0 Å². The van der Waals surface area contributed by atoms with Crippen molar-refractivity contribution in [2.75, 3.05) is 0 Å². The van der Waals surface area contributed by atoms with Gasteiger partial charge >= 0.3 is 302 Å². The van der Waals surface area contributed by atoms with E-state index in [-0.39, 0.29) is 37.1 Å². The van der Waals surface area contributed by atoms with Gasteiger partial charge in [0.1, 0.15) is 0 Å². The average molecular weight is 899 g/mol. The molecule has 1 saturated carbocycles. The molecule has 0 saturated heterocycles. The first-order valence-electron chi connectivity index (χ1n) is 23.3. The molecule has 4 aromatic rings. The fraction of sp³-hybridized carbons (Fsp3) is 0.536. The van der Waals surface area contributed by atoms with Crippen molar-refractivity contribution in [1.82, 2.24) is 0 Å². The number of phenolic OH excluding ortho intramolecular Hbond substituents is 2. The zero-order valence-electron chi connectivity index (χ0n) is 40.3. The molecule has 1 heterocycles. The van der Waals surface area contributed by atoms with Crippen LogP contribution in [-0.2, 0) is 48.6 Å². The van der Waals surface area contributed by atoms with Crippen molar-refractivity contribution in [3.63, 3.8) is 0 Å². The maximum Gasteiger partial charge on any atom is -0.0866 e. The number of rotatable bonds is 10. The van der Waals surface area contributed by atoms with Gasteiger partial charge in [0.25, 0.3) is 0 Å². The van der Waals surface area contributed by atoms with E-state index in [0.717, 1.165) is 58.8 Å². The van der Waals surface area contributed by atoms with E-state index < -0.39 is 0 Å². The van der Waals surface area contributed by atoms with E-state index in [9.17, 15) is 10.2 Å². The van der Waals surface area contributed by atoms with Crippen molar-refractivity contribution in [3.05, 3.63) is 143 Å². The van der Waals surface area contributed by atoms with Crippen molar-refractivity contribution in [2.45, 2.75) is 191 Å². The predicted molar refractivity (Wildman–Crippen MR) is 269 cm³/mol. The second-order valence-corrected chi connectivity index (χ2v) is 31.8. The Kier molecular flexibility index (Phi) is 18.9. The normalized spacial score (nSPS) is 19.4. The zero-order valence-corrected chi connectivity index (χ0v) is 43.5. The van der Waals surface area contributed by atoms with Crippen LogP contribution in [0.5, 0.6) is 11.5 Å². The Bertz CT molecular complexity index is 1930. The number of hydrogen-bond donors (Lipinski definition) is 2. The van der Waals surface area contributed by atoms with Crippen molar-refractivity contribution < 1.29 is 25.7 Å². The molecular formula is C56H82O2S2Ti-2. The Morgan fingerprint density at radius 2 is 0.852 bits per heavy atom. The summed E-state index contributed by atoms with van der Waals surface area (Å²) in [7, 11) is 0.679. The molecule has 2 aliphatic rings. The third-order valence-corrected chi connectivity index (χ3v) is 29.9. The maximum atomic E-state index is 12.0. The molecule has 61 heavy (non-hydrogen) atoms. The minimum absolute atomic E-state index is 0.0129. The van der Waals surface area contributed by atoms with Gasteiger partial charge in [-0.15, -0.1) is 24.3 Å². The summed E-state index contributed by atoms with van der Waals surface area (Å²) in [4.78, 5) is 0. The van der Waals surface area contributed by atoms with Gasteiger partial charge in [-0.3, -0.25) is 0 Å². The van der Waals surface area contributed by atoms with E-state index in [1.165, 1.54) is 71.9 Å². The van der Waals surface area contributed by atoms with Gasteiger partial charge in [-0.1, -0.05) is 12.1 Å². The van der Waals surface area contributed by atoms with Gasteiger partial charge in [0.2, 0.25) is 0 Å². The van der Waals surface area contributed by atoms with Gasteiger partial charge in [-0.2, -0.15) is 49.2 Å². The van der Waals surface area contributed by atoms with Crippen LogP contribution in [0.4, 0.5) is 0 Å². The van der Waals surface area contributed by atoms with Crippen LogP contribution in [0, 0.1) is 13.8 Å². The van der Waals surface area contributed by atoms with Crippen molar-refractivity contribution >= 4 is 15.9 Å². The summed E-state index contributed by atoms with van der Waals surface area (Å²) < 4.78 is 0. The Morgan fingerprint density at radius 3 is 1.11 bits per heavy atom. The average Bonchev–Trinajstić information content (AvgIpc) is 3.51. The molecule has 2 nitrogen and oxygen atoms in total. The van der Waals surface area contributed by atoms with Crippen LogP contribution in [0.25, 0.3) is 0 Å². The third-order valence-electron chi connectivity index (χ3n) is 13.9. The summed E-state index contributed by atoms with van der Waals surface area (Å²) >= 11 is -0.262. The summed E-state index contributed by atoms with van der Waals surface area (Å²) in [6.45, 7) is 35.2. The van der Waals surface area contributed by atoms with Crippen LogP contribution < -0.4 is 0 Å². The van der Waals surface area contributed by atoms with Gasteiger partial charge in [-0.25, -0.2) is 0 Å². The molecule has 2 unspecified atom stereocenters. The molecule has 0 radical (unpaired) electrons. The minimum Gasteiger partial charge on any atom is -0.199 e. The number of phenols is 2. The van der Waals surface area contributed by atoms with Gasteiger partial charge in [0.15, 0.2) is 0 Å². The molecular weight excluding hydrogens is 817 g/mol. The Labute approximate surface area is 384 Å². The summed E-state index contributed by atoms with van der Waals surface area (Å²) in [6.07, 6.45) is 12.3. The Morgan fingerprint density at radius 1 is 0.525 bits per heavy atom. The van der Waals surface area contributed by atoms with E-state index in [1.54, 1.807) is 0 Å². The van der Waals surface area contributed by atoms with Crippen LogP contribution in [0.2, 0.25) is 0 Å². The number of aromatic hydroxyl groups is 2. The largest absolute Gasteiger partial charge is 0.199 e. The molecule has 0 aromatic heterocycles. The molecule has 336 valence electrons. The topological polar surface area (TPSA) is 40.5 Å². The van der Waals surface area contributed by atoms with Crippen molar-refractivity contribution in [2.24, 2.45) is 0 Å². The smallest absolute Gasteiger partial charge is 0.0866 e. The van der Waals surface area contributed by atoms with Crippen LogP contribution in [0.1, 0.15) is 192 Å². The Hall–Kier alpha value is -2.37. The minimum atomic E-state index is -0.262. The molecule has 2 N–H and O–H groups in total. The molecule has 6 rings (SSSR count). The van der Waals surface area contributed by atoms with E-state index in [1.807, 2.05) is 60.7 Å². The number of benzene rings is 4. The molecule has 1 aliphatic heterocycles. The van der Waals surface area contributed by atoms with Crippen molar-refractivity contribution in [3.8, 4) is 11.5 Å². The fourth-order valence-electron chi connectivity index (χ4n) is 8.55. The number of fused-ring (bicyclic) bond motifs is 1. The van der Waals surface area contributed by atoms with Crippen molar-refractivity contribution in [1.29, 1.82) is 0 Å². The second-order valence-electron chi connectivity index (χ2n) is 20.4. The number of hydrogen-bond acceptors (Lipinski definition) is 2. The van der Waals surface area contributed by atoms with Gasteiger partial charge in [0.05, 0.1) is 0 Å². The van der Waals surface area contributed by atoms with Gasteiger partial charge in [0, 0.05) is 0 Å². The van der Waals surface area contributed by atoms with E-state index in [4.69, 9.17) is 0 Å². The Balaban J connectivity index is 0.000000490. The molecule has 1 aliphatic carbocycles. The second kappa shape index (κ2) is 22.5. The fourth-order valence-corrected chi connectivity index (χ4v) is 29.4. The standard InChI is InChI=1S/C42H68O2S2.2C7H7.Ti/c1-13-41(11,14-2)33-25-31(39(5,6)7)23-29(37(33)43)27-45-35-21-19-17-18-20-22-36(35)46-28-30-24-32(40(8,9)10)26-34(38(30)44)42(12,15-3)16-4;2*1-7-5-3-2-4-6-7;/h23-26,35-36,43-44H,13-22,27-28H2,1-12H3;2*2-6H,1H2;/q;2*-1;/t35-,36?;;;/m0.../s1. The predicted octanol–water partition coefficient (Wildman–Crippen LogP) is 16.8. The van der Waals surface area contributed by atoms with Gasteiger partial charge in [-0.05, 0) is 0 Å². The SMILES string of the molecule is CCC(C)(CC)c1cc(C(C)(C)C)cc(C[S]2=[Ti]=[S@@](Cc3cc(C(C)(C)C)cc(C(C)(CC)CC)c3O)C3CCCCCC[C@@H]32)c1O.[CH2-]c1ccccc1.[CH2-]c1ccccc1. The van der Waals surface area contributed by atoms with E-state index in [2.05, 4.69) is 121 Å². The molecule has 4 atom stereocenters. The maximum absolute atomic E-state index is 12.0. The summed E-state index contributed by atoms with van der Waals surface area (Å²) in [5.74, 6) is 3.30. The first-order chi connectivity index (χ1) is 28.7. The molecule has 5 heteroatoms. The molecule has 0 amide bonds. The molecule has 1 fully saturated rings. The van der Waals surface area contributed by atoms with Crippen LogP contribution >= 0.6 is 15.9 Å². The van der Waals surface area contributed by atoms with Crippen LogP contribution in [0.3, 0.4) is 0 Å². The first kappa shape index (κ1) is 51.3. The quantitative estimate of drug-likeness (QED) is 0.123. The first-order valence-corrected chi connectivity index (χ1v) is 30.1. The summed E-state index contributed by atoms with van der Waals surface area (Å²) in [6, 6.07) is 29.2. The van der Waals surface area contributed by atoms with Gasteiger partial charge < -0.3 is 0 Å².